The van der Waals surface area contributed by atoms with Crippen LogP contribution in [0, 0.1) is 0 Å². The Morgan fingerprint density at radius 3 is 1.05 bits per heavy atom. The molecule has 6 aromatic carbocycles. The summed E-state index contributed by atoms with van der Waals surface area (Å²) >= 11 is 0. The van der Waals surface area contributed by atoms with E-state index in [0.29, 0.717) is 0 Å². The van der Waals surface area contributed by atoms with E-state index in [1.807, 2.05) is 0 Å². The molecule has 0 aliphatic rings. The molecule has 43 heavy (non-hydrogen) atoms. The number of benzene rings is 6. The van der Waals surface area contributed by atoms with Gasteiger partial charge in [-0.3, -0.25) is 0 Å². The van der Waals surface area contributed by atoms with Crippen molar-refractivity contribution in [2.45, 2.75) is 13.1 Å². The second-order valence-electron chi connectivity index (χ2n) is 11.8. The van der Waals surface area contributed by atoms with E-state index in [1.165, 1.54) is 55.0 Å². The first-order valence-electron chi connectivity index (χ1n) is 15.0. The second-order valence-corrected chi connectivity index (χ2v) is 22.3. The van der Waals surface area contributed by atoms with Gasteiger partial charge in [0.15, 0.2) is 0 Å². The summed E-state index contributed by atoms with van der Waals surface area (Å²) in [6.45, 7) is 5.28. The molecule has 0 N–H and O–H groups in total. The maximum atomic E-state index is 2.64. The molecule has 3 heteroatoms. The zero-order chi connectivity index (χ0) is 29.5. The molecule has 0 amide bonds. The average Bonchev–Trinajstić information content (AvgIpc) is 3.08. The molecule has 0 bridgehead atoms. The summed E-state index contributed by atoms with van der Waals surface area (Å²) in [4.78, 5) is 0. The van der Waals surface area contributed by atoms with Crippen molar-refractivity contribution in [3.05, 3.63) is 170 Å². The first-order chi connectivity index (χ1) is 21.1. The number of hydrogen-bond acceptors (Lipinski definition) is 0. The molecule has 0 radical (unpaired) electrons. The molecule has 0 saturated carbocycles. The Labute approximate surface area is 261 Å². The fourth-order valence-corrected chi connectivity index (χ4v) is 20.0. The van der Waals surface area contributed by atoms with Crippen molar-refractivity contribution in [1.82, 2.24) is 0 Å². The van der Waals surface area contributed by atoms with Gasteiger partial charge in [-0.05, 0) is 70.9 Å². The normalized spacial score (nSPS) is 12.9. The highest BCUT2D eigenvalue weighted by atomic mass is 31.1. The fraction of sp³-hybridized carbons (Fsp3) is 0.100. The standard InChI is InChI=1S/C40H38P2Si/c1-43(2,31-41(35-23-11-5-12-24-35)39-29-17-15-27-37(39)33-19-7-3-8-20-33)32-42(36-25-13-6-14-26-36)40-30-18-16-28-38(40)34-21-9-4-10-22-34/h3-30H,31-32H2,1-2H3. The highest BCUT2D eigenvalue weighted by Crippen LogP contribution is 2.45. The van der Waals surface area contributed by atoms with Crippen molar-refractivity contribution in [3.8, 4) is 22.3 Å². The molecule has 2 unspecified atom stereocenters. The van der Waals surface area contributed by atoms with Gasteiger partial charge in [-0.1, -0.05) is 183 Å². The zero-order valence-electron chi connectivity index (χ0n) is 25.0. The van der Waals surface area contributed by atoms with E-state index in [0.717, 1.165) is 0 Å². The van der Waals surface area contributed by atoms with Gasteiger partial charge >= 0.3 is 0 Å². The Morgan fingerprint density at radius 2 is 0.674 bits per heavy atom. The molecule has 0 aliphatic heterocycles. The van der Waals surface area contributed by atoms with Crippen molar-refractivity contribution in [3.63, 3.8) is 0 Å². The van der Waals surface area contributed by atoms with Crippen LogP contribution >= 0.6 is 15.8 Å². The lowest BCUT2D eigenvalue weighted by molar-refractivity contribution is 1.60. The SMILES string of the molecule is C[Si](C)(CP(c1ccccc1)c1ccccc1-c1ccccc1)CP(c1ccccc1)c1ccccc1-c1ccccc1. The van der Waals surface area contributed by atoms with Crippen LogP contribution in [0.4, 0.5) is 0 Å². The minimum absolute atomic E-state index is 0.531. The lowest BCUT2D eigenvalue weighted by Gasteiger charge is -2.34. The maximum Gasteiger partial charge on any atom is 0.0572 e. The minimum atomic E-state index is -1.75. The summed E-state index contributed by atoms with van der Waals surface area (Å²) < 4.78 is 0. The zero-order valence-corrected chi connectivity index (χ0v) is 27.8. The smallest absolute Gasteiger partial charge is 0.0572 e. The quantitative estimate of drug-likeness (QED) is 0.107. The molecule has 0 fully saturated rings. The molecule has 6 rings (SSSR count). The number of rotatable bonds is 10. The van der Waals surface area contributed by atoms with E-state index >= 15 is 0 Å². The summed E-state index contributed by atoms with van der Waals surface area (Å²) in [5.74, 6) is 2.52. The molecule has 6 aromatic rings. The highest BCUT2D eigenvalue weighted by Gasteiger charge is 2.33. The van der Waals surface area contributed by atoms with Crippen LogP contribution in [0.5, 0.6) is 0 Å². The lowest BCUT2D eigenvalue weighted by atomic mass is 10.1. The molecule has 212 valence electrons. The Morgan fingerprint density at radius 1 is 0.372 bits per heavy atom. The van der Waals surface area contributed by atoms with Gasteiger partial charge in [0.2, 0.25) is 0 Å². The Hall–Kier alpha value is -3.60. The second kappa shape index (κ2) is 13.8. The van der Waals surface area contributed by atoms with Crippen LogP contribution in [0.25, 0.3) is 22.3 Å². The predicted molar refractivity (Wildman–Crippen MR) is 196 cm³/mol. The van der Waals surface area contributed by atoms with Crippen molar-refractivity contribution < 1.29 is 0 Å². The van der Waals surface area contributed by atoms with Crippen LogP contribution in [0.15, 0.2) is 170 Å². The first-order valence-corrected chi connectivity index (χ1v) is 21.5. The van der Waals surface area contributed by atoms with Crippen LogP contribution in [-0.2, 0) is 0 Å². The summed E-state index contributed by atoms with van der Waals surface area (Å²) in [6, 6.07) is 62.8. The molecule has 0 spiro atoms. The summed E-state index contributed by atoms with van der Waals surface area (Å²) in [6.07, 6.45) is 0. The molecule has 0 heterocycles. The van der Waals surface area contributed by atoms with E-state index in [2.05, 4.69) is 183 Å². The van der Waals surface area contributed by atoms with Gasteiger partial charge in [-0.25, -0.2) is 0 Å². The van der Waals surface area contributed by atoms with E-state index in [1.54, 1.807) is 0 Å². The van der Waals surface area contributed by atoms with E-state index in [-0.39, 0.29) is 0 Å². The largest absolute Gasteiger partial charge is 0.0688 e. The maximum absolute atomic E-state index is 2.64. The highest BCUT2D eigenvalue weighted by molar-refractivity contribution is 7.78. The Bertz CT molecular complexity index is 1610. The third-order valence-corrected chi connectivity index (χ3v) is 21.0. The van der Waals surface area contributed by atoms with Crippen molar-refractivity contribution >= 4 is 45.1 Å². The Balaban J connectivity index is 1.41. The molecule has 0 saturated heterocycles. The van der Waals surface area contributed by atoms with E-state index in [9.17, 15) is 0 Å². The summed E-state index contributed by atoms with van der Waals surface area (Å²) in [5.41, 5.74) is 5.37. The fourth-order valence-electron chi connectivity index (χ4n) is 5.89. The molecule has 2 atom stereocenters. The number of hydrogen-bond donors (Lipinski definition) is 0. The van der Waals surface area contributed by atoms with Gasteiger partial charge in [-0.2, -0.15) is 0 Å². The third-order valence-electron chi connectivity index (χ3n) is 7.87. The van der Waals surface area contributed by atoms with Gasteiger partial charge in [-0.15, -0.1) is 0 Å². The minimum Gasteiger partial charge on any atom is -0.0688 e. The average molecular weight is 609 g/mol. The topological polar surface area (TPSA) is 0 Å². The first kappa shape index (κ1) is 29.5. The summed E-state index contributed by atoms with van der Waals surface area (Å²) in [7, 11) is -2.81. The van der Waals surface area contributed by atoms with Crippen LogP contribution in [-0.4, -0.2) is 19.6 Å². The van der Waals surface area contributed by atoms with Crippen LogP contribution < -0.4 is 21.2 Å². The molecule has 0 aromatic heterocycles. The summed E-state index contributed by atoms with van der Waals surface area (Å²) in [5, 5.41) is 5.97. The van der Waals surface area contributed by atoms with Crippen LogP contribution in [0.1, 0.15) is 0 Å². The van der Waals surface area contributed by atoms with Gasteiger partial charge in [0, 0.05) is 0 Å². The van der Waals surface area contributed by atoms with Gasteiger partial charge in [0.1, 0.15) is 0 Å². The van der Waals surface area contributed by atoms with Crippen molar-refractivity contribution in [1.29, 1.82) is 0 Å². The Kier molecular flexibility index (Phi) is 9.45. The van der Waals surface area contributed by atoms with E-state index < -0.39 is 23.9 Å². The van der Waals surface area contributed by atoms with E-state index in [4.69, 9.17) is 0 Å². The van der Waals surface area contributed by atoms with Crippen molar-refractivity contribution in [2.75, 3.05) is 11.6 Å². The van der Waals surface area contributed by atoms with Gasteiger partial charge < -0.3 is 0 Å². The molecule has 0 aliphatic carbocycles. The van der Waals surface area contributed by atoms with Gasteiger partial charge in [0.25, 0.3) is 0 Å². The third kappa shape index (κ3) is 7.14. The van der Waals surface area contributed by atoms with Crippen LogP contribution in [0.2, 0.25) is 13.1 Å². The van der Waals surface area contributed by atoms with Crippen LogP contribution in [0.3, 0.4) is 0 Å². The van der Waals surface area contributed by atoms with Gasteiger partial charge in [0.05, 0.1) is 8.07 Å². The van der Waals surface area contributed by atoms with Crippen molar-refractivity contribution in [2.24, 2.45) is 0 Å². The predicted octanol–water partition coefficient (Wildman–Crippen LogP) is 9.37. The monoisotopic (exact) mass is 608 g/mol. The molecule has 0 nitrogen and oxygen atoms in total. The molecular formula is C40H38P2Si. The molecular weight excluding hydrogens is 570 g/mol. The lowest BCUT2D eigenvalue weighted by Crippen LogP contribution is -2.40.